The van der Waals surface area contributed by atoms with Gasteiger partial charge >= 0.3 is 6.18 Å². The SMILES string of the molecule is CN=C(NCCCn1cccn1)NCC(c1ccc(C(F)(F)F)cc1)N1CCOCC1. The molecule has 0 radical (unpaired) electrons. The molecule has 2 aromatic rings. The number of guanidine groups is 1. The zero-order valence-electron chi connectivity index (χ0n) is 17.6. The quantitative estimate of drug-likeness (QED) is 0.377. The fraction of sp³-hybridized carbons (Fsp3) is 0.524. The van der Waals surface area contributed by atoms with Crippen molar-refractivity contribution in [1.82, 2.24) is 25.3 Å². The molecule has 1 unspecified atom stereocenters. The lowest BCUT2D eigenvalue weighted by atomic mass is 10.0. The van der Waals surface area contributed by atoms with Crippen LogP contribution in [0.1, 0.15) is 23.6 Å². The van der Waals surface area contributed by atoms with Gasteiger partial charge in [-0.3, -0.25) is 14.6 Å². The average Bonchev–Trinajstić information content (AvgIpc) is 3.29. The molecule has 31 heavy (non-hydrogen) atoms. The molecule has 1 fully saturated rings. The monoisotopic (exact) mass is 438 g/mol. The van der Waals surface area contributed by atoms with Crippen molar-refractivity contribution in [1.29, 1.82) is 0 Å². The number of aromatic nitrogens is 2. The first-order valence-corrected chi connectivity index (χ1v) is 10.4. The average molecular weight is 438 g/mol. The number of hydrogen-bond acceptors (Lipinski definition) is 4. The van der Waals surface area contributed by atoms with E-state index in [4.69, 9.17) is 4.74 Å². The van der Waals surface area contributed by atoms with E-state index in [1.807, 2.05) is 16.9 Å². The number of nitrogens with one attached hydrogen (secondary N) is 2. The number of ether oxygens (including phenoxy) is 1. The van der Waals surface area contributed by atoms with Crippen LogP contribution >= 0.6 is 0 Å². The lowest BCUT2D eigenvalue weighted by Gasteiger charge is -2.35. The van der Waals surface area contributed by atoms with Gasteiger partial charge in [-0.05, 0) is 30.2 Å². The second-order valence-corrected chi connectivity index (χ2v) is 7.29. The molecule has 10 heteroatoms. The molecule has 2 heterocycles. The van der Waals surface area contributed by atoms with Crippen molar-refractivity contribution in [3.8, 4) is 0 Å². The Labute approximate surface area is 180 Å². The van der Waals surface area contributed by atoms with Crippen LogP contribution in [0.3, 0.4) is 0 Å². The summed E-state index contributed by atoms with van der Waals surface area (Å²) in [4.78, 5) is 6.49. The summed E-state index contributed by atoms with van der Waals surface area (Å²) in [5.41, 5.74) is 0.191. The van der Waals surface area contributed by atoms with Crippen LogP contribution in [0.4, 0.5) is 13.2 Å². The van der Waals surface area contributed by atoms with Gasteiger partial charge in [0.05, 0.1) is 24.8 Å². The number of aliphatic imine (C=N–C) groups is 1. The van der Waals surface area contributed by atoms with Crippen LogP contribution in [0.2, 0.25) is 0 Å². The Morgan fingerprint density at radius 1 is 1.19 bits per heavy atom. The maximum atomic E-state index is 12.9. The first-order valence-electron chi connectivity index (χ1n) is 10.4. The smallest absolute Gasteiger partial charge is 0.379 e. The normalized spacial score (nSPS) is 16.8. The molecule has 1 aliphatic heterocycles. The first-order chi connectivity index (χ1) is 15.0. The Morgan fingerprint density at radius 2 is 1.94 bits per heavy atom. The minimum absolute atomic E-state index is 0.0891. The van der Waals surface area contributed by atoms with Gasteiger partial charge in [0.25, 0.3) is 0 Å². The molecule has 170 valence electrons. The molecule has 0 spiro atoms. The van der Waals surface area contributed by atoms with E-state index in [1.54, 1.807) is 25.4 Å². The number of rotatable bonds is 8. The molecule has 2 N–H and O–H groups in total. The Hall–Kier alpha value is -2.59. The molecule has 1 aromatic carbocycles. The number of hydrogen-bond donors (Lipinski definition) is 2. The standard InChI is InChI=1S/C21H29F3N6O/c1-25-20(26-8-2-10-30-11-3-9-28-30)27-16-19(29-12-14-31-15-13-29)17-4-6-18(7-5-17)21(22,23)24/h3-7,9,11,19H,2,8,10,12-16H2,1H3,(H2,25,26,27). The Morgan fingerprint density at radius 3 is 2.55 bits per heavy atom. The van der Waals surface area contributed by atoms with E-state index in [9.17, 15) is 13.2 Å². The molecular formula is C21H29F3N6O. The summed E-state index contributed by atoms with van der Waals surface area (Å²) in [5.74, 6) is 0.658. The predicted octanol–water partition coefficient (Wildman–Crippen LogP) is 2.53. The molecular weight excluding hydrogens is 409 g/mol. The molecule has 0 aliphatic carbocycles. The molecule has 3 rings (SSSR count). The van der Waals surface area contributed by atoms with Gasteiger partial charge in [-0.1, -0.05) is 12.1 Å². The second kappa shape index (κ2) is 11.1. The Balaban J connectivity index is 1.58. The molecule has 1 aromatic heterocycles. The van der Waals surface area contributed by atoms with E-state index in [-0.39, 0.29) is 6.04 Å². The molecule has 7 nitrogen and oxygen atoms in total. The van der Waals surface area contributed by atoms with Gasteiger partial charge in [0.2, 0.25) is 0 Å². The van der Waals surface area contributed by atoms with E-state index in [1.165, 1.54) is 0 Å². The van der Waals surface area contributed by atoms with Crippen molar-refractivity contribution in [3.05, 3.63) is 53.9 Å². The van der Waals surface area contributed by atoms with Gasteiger partial charge in [0.1, 0.15) is 0 Å². The number of alkyl halides is 3. The third-order valence-corrected chi connectivity index (χ3v) is 5.21. The van der Waals surface area contributed by atoms with Crippen molar-refractivity contribution in [2.75, 3.05) is 46.4 Å². The van der Waals surface area contributed by atoms with Crippen LogP contribution in [0.15, 0.2) is 47.7 Å². The first kappa shape index (κ1) is 23.1. The van der Waals surface area contributed by atoms with Gasteiger partial charge in [0.15, 0.2) is 5.96 Å². The maximum absolute atomic E-state index is 12.9. The highest BCUT2D eigenvalue weighted by molar-refractivity contribution is 5.79. The van der Waals surface area contributed by atoms with Gasteiger partial charge in [-0.15, -0.1) is 0 Å². The van der Waals surface area contributed by atoms with E-state index >= 15 is 0 Å². The van der Waals surface area contributed by atoms with Crippen LogP contribution in [-0.2, 0) is 17.5 Å². The molecule has 0 amide bonds. The van der Waals surface area contributed by atoms with E-state index in [0.717, 1.165) is 50.3 Å². The van der Waals surface area contributed by atoms with Crippen LogP contribution in [0.25, 0.3) is 0 Å². The second-order valence-electron chi connectivity index (χ2n) is 7.29. The lowest BCUT2D eigenvalue weighted by Crippen LogP contribution is -2.46. The van der Waals surface area contributed by atoms with Crippen LogP contribution in [-0.4, -0.2) is 67.1 Å². The van der Waals surface area contributed by atoms with Crippen molar-refractivity contribution in [2.45, 2.75) is 25.2 Å². The molecule has 0 bridgehead atoms. The zero-order chi connectivity index (χ0) is 22.1. The minimum atomic E-state index is -4.34. The van der Waals surface area contributed by atoms with Gasteiger partial charge in [0, 0.05) is 52.2 Å². The summed E-state index contributed by atoms with van der Waals surface area (Å²) in [6.45, 7) is 4.72. The number of morpholine rings is 1. The summed E-state index contributed by atoms with van der Waals surface area (Å²) < 4.78 is 46.1. The van der Waals surface area contributed by atoms with E-state index < -0.39 is 11.7 Å². The fourth-order valence-corrected chi connectivity index (χ4v) is 3.54. The van der Waals surface area contributed by atoms with E-state index in [2.05, 4.69) is 25.6 Å². The summed E-state index contributed by atoms with van der Waals surface area (Å²) in [5, 5.41) is 10.8. The summed E-state index contributed by atoms with van der Waals surface area (Å²) in [6.07, 6.45) is 0.215. The zero-order valence-corrected chi connectivity index (χ0v) is 17.6. The maximum Gasteiger partial charge on any atom is 0.416 e. The highest BCUT2D eigenvalue weighted by Crippen LogP contribution is 2.31. The van der Waals surface area contributed by atoms with Crippen molar-refractivity contribution >= 4 is 5.96 Å². The van der Waals surface area contributed by atoms with Crippen LogP contribution in [0, 0.1) is 0 Å². The van der Waals surface area contributed by atoms with Gasteiger partial charge in [-0.25, -0.2) is 0 Å². The Kier molecular flexibility index (Phi) is 8.30. The highest BCUT2D eigenvalue weighted by atomic mass is 19.4. The third-order valence-electron chi connectivity index (χ3n) is 5.21. The summed E-state index contributed by atoms with van der Waals surface area (Å²) in [7, 11) is 1.70. The van der Waals surface area contributed by atoms with Crippen LogP contribution < -0.4 is 10.6 Å². The number of halogens is 3. The summed E-state index contributed by atoms with van der Waals surface area (Å²) >= 11 is 0. The van der Waals surface area contributed by atoms with Gasteiger partial charge in [-0.2, -0.15) is 18.3 Å². The number of benzene rings is 1. The topological polar surface area (TPSA) is 66.7 Å². The highest BCUT2D eigenvalue weighted by Gasteiger charge is 2.31. The predicted molar refractivity (Wildman–Crippen MR) is 113 cm³/mol. The number of aryl methyl sites for hydroxylation is 1. The number of nitrogens with zero attached hydrogens (tertiary/aromatic N) is 4. The molecule has 1 aliphatic rings. The van der Waals surface area contributed by atoms with Crippen molar-refractivity contribution in [2.24, 2.45) is 4.99 Å². The third kappa shape index (κ3) is 6.96. The largest absolute Gasteiger partial charge is 0.416 e. The van der Waals surface area contributed by atoms with Gasteiger partial charge < -0.3 is 15.4 Å². The van der Waals surface area contributed by atoms with Crippen molar-refractivity contribution < 1.29 is 17.9 Å². The van der Waals surface area contributed by atoms with Crippen molar-refractivity contribution in [3.63, 3.8) is 0 Å². The van der Waals surface area contributed by atoms with E-state index in [0.29, 0.717) is 25.7 Å². The molecule has 0 saturated carbocycles. The molecule has 1 atom stereocenters. The Bertz CT molecular complexity index is 802. The minimum Gasteiger partial charge on any atom is -0.379 e. The fourth-order valence-electron chi connectivity index (χ4n) is 3.54. The summed E-state index contributed by atoms with van der Waals surface area (Å²) in [6, 6.07) is 7.21. The van der Waals surface area contributed by atoms with Crippen LogP contribution in [0.5, 0.6) is 0 Å². The lowest BCUT2D eigenvalue weighted by molar-refractivity contribution is -0.137. The molecule has 1 saturated heterocycles.